The summed E-state index contributed by atoms with van der Waals surface area (Å²) in [4.78, 5) is 42.0. The average molecular weight is 557 g/mol. The van der Waals surface area contributed by atoms with Gasteiger partial charge in [0.15, 0.2) is 0 Å². The molecular formula is C31H26F2N4O4. The van der Waals surface area contributed by atoms with Gasteiger partial charge in [-0.3, -0.25) is 9.59 Å². The number of H-pyrrole nitrogens is 1. The Morgan fingerprint density at radius 3 is 2.29 bits per heavy atom. The molecule has 41 heavy (non-hydrogen) atoms. The minimum absolute atomic E-state index is 0.0694. The number of hydrogen-bond acceptors (Lipinski definition) is 4. The molecule has 4 amide bonds. The molecule has 5 rings (SSSR count). The third-order valence-electron chi connectivity index (χ3n) is 7.11. The number of carbonyl (C=O) groups excluding carboxylic acids is 3. The fourth-order valence-electron chi connectivity index (χ4n) is 5.10. The number of nitrogens with one attached hydrogen (secondary N) is 1. The topological polar surface area (TPSA) is 143 Å². The molecule has 0 radical (unpaired) electrons. The van der Waals surface area contributed by atoms with Gasteiger partial charge in [0.05, 0.1) is 22.4 Å². The Hall–Kier alpha value is -5.09. The van der Waals surface area contributed by atoms with Gasteiger partial charge in [-0.05, 0) is 73.9 Å². The number of fused-ring (bicyclic) bond motifs is 3. The van der Waals surface area contributed by atoms with Gasteiger partial charge < -0.3 is 21.6 Å². The summed E-state index contributed by atoms with van der Waals surface area (Å²) in [7, 11) is 0. The van der Waals surface area contributed by atoms with E-state index in [4.69, 9.17) is 11.5 Å². The molecule has 0 aliphatic carbocycles. The van der Waals surface area contributed by atoms with E-state index in [9.17, 15) is 23.9 Å². The van der Waals surface area contributed by atoms with Crippen molar-refractivity contribution in [2.24, 2.45) is 11.5 Å². The summed E-state index contributed by atoms with van der Waals surface area (Å²) in [6, 6.07) is 14.5. The van der Waals surface area contributed by atoms with Crippen molar-refractivity contribution in [3.63, 3.8) is 0 Å². The van der Waals surface area contributed by atoms with E-state index in [-0.39, 0.29) is 27.9 Å². The molecular weight excluding hydrogens is 530 g/mol. The van der Waals surface area contributed by atoms with Crippen molar-refractivity contribution in [1.82, 2.24) is 4.98 Å². The van der Waals surface area contributed by atoms with Crippen LogP contribution in [-0.2, 0) is 5.60 Å². The lowest BCUT2D eigenvalue weighted by Gasteiger charge is -2.23. The molecule has 0 saturated carbocycles. The van der Waals surface area contributed by atoms with Crippen molar-refractivity contribution in [1.29, 1.82) is 0 Å². The number of amides is 4. The molecule has 0 fully saturated rings. The standard InChI is InChI=1S/C31H26F2N4O4/c1-15-19(8-5-9-24(15)37(30(35)40)29(39)16-6-4-7-18(32)12-16)25-22(33)14-21(28(34)38)27-26(25)20-11-10-17(31(2,3)41)13-23(20)36-27/h4-14,36,41H,1-3H3,(H2,34,38)(H2,35,40). The van der Waals surface area contributed by atoms with Crippen LogP contribution < -0.4 is 16.4 Å². The lowest BCUT2D eigenvalue weighted by molar-refractivity contribution is 0.0787. The maximum Gasteiger partial charge on any atom is 0.326 e. The molecule has 10 heteroatoms. The van der Waals surface area contributed by atoms with Crippen LogP contribution in [0.4, 0.5) is 19.3 Å². The van der Waals surface area contributed by atoms with Gasteiger partial charge in [-0.15, -0.1) is 0 Å². The summed E-state index contributed by atoms with van der Waals surface area (Å²) in [5, 5.41) is 11.4. The van der Waals surface area contributed by atoms with Gasteiger partial charge >= 0.3 is 6.03 Å². The summed E-state index contributed by atoms with van der Waals surface area (Å²) in [6.45, 7) is 4.84. The van der Waals surface area contributed by atoms with Crippen LogP contribution in [0.25, 0.3) is 32.9 Å². The minimum Gasteiger partial charge on any atom is -0.386 e. The monoisotopic (exact) mass is 556 g/mol. The van der Waals surface area contributed by atoms with Gasteiger partial charge in [0, 0.05) is 27.4 Å². The lowest BCUT2D eigenvalue weighted by atomic mass is 9.91. The van der Waals surface area contributed by atoms with Gasteiger partial charge in [-0.2, -0.15) is 0 Å². The molecule has 0 bridgehead atoms. The van der Waals surface area contributed by atoms with Crippen molar-refractivity contribution in [3.05, 3.63) is 101 Å². The number of urea groups is 1. The number of carbonyl (C=O) groups is 3. The molecule has 1 heterocycles. The van der Waals surface area contributed by atoms with Crippen LogP contribution in [-0.4, -0.2) is 27.9 Å². The molecule has 0 spiro atoms. The molecule has 0 aliphatic rings. The zero-order chi connectivity index (χ0) is 29.8. The predicted molar refractivity (Wildman–Crippen MR) is 152 cm³/mol. The van der Waals surface area contributed by atoms with E-state index in [2.05, 4.69) is 4.98 Å². The second kappa shape index (κ2) is 9.83. The highest BCUT2D eigenvalue weighted by molar-refractivity contribution is 6.22. The van der Waals surface area contributed by atoms with Crippen LogP contribution in [0.3, 0.4) is 0 Å². The Morgan fingerprint density at radius 2 is 1.66 bits per heavy atom. The van der Waals surface area contributed by atoms with Crippen molar-refractivity contribution in [2.75, 3.05) is 4.90 Å². The zero-order valence-corrected chi connectivity index (χ0v) is 22.4. The smallest absolute Gasteiger partial charge is 0.326 e. The molecule has 0 aliphatic heterocycles. The Kier molecular flexibility index (Phi) is 6.59. The van der Waals surface area contributed by atoms with Crippen LogP contribution in [0.1, 0.15) is 45.7 Å². The highest BCUT2D eigenvalue weighted by atomic mass is 19.1. The molecule has 208 valence electrons. The summed E-state index contributed by atoms with van der Waals surface area (Å²) in [5.74, 6) is -3.14. The number of anilines is 1. The van der Waals surface area contributed by atoms with E-state index in [0.29, 0.717) is 37.9 Å². The average Bonchev–Trinajstić information content (AvgIpc) is 3.27. The van der Waals surface area contributed by atoms with Crippen LogP contribution in [0.5, 0.6) is 0 Å². The molecule has 0 unspecified atom stereocenters. The first-order valence-electron chi connectivity index (χ1n) is 12.6. The highest BCUT2D eigenvalue weighted by Crippen LogP contribution is 2.42. The van der Waals surface area contributed by atoms with E-state index in [1.165, 1.54) is 24.3 Å². The maximum absolute atomic E-state index is 16.0. The fraction of sp³-hybridized carbons (Fsp3) is 0.129. The predicted octanol–water partition coefficient (Wildman–Crippen LogP) is 5.63. The van der Waals surface area contributed by atoms with Gasteiger partial charge in [0.1, 0.15) is 11.6 Å². The van der Waals surface area contributed by atoms with Crippen molar-refractivity contribution < 1.29 is 28.3 Å². The number of halogens is 2. The lowest BCUT2D eigenvalue weighted by Crippen LogP contribution is -2.41. The molecule has 8 nitrogen and oxygen atoms in total. The number of aliphatic hydroxyl groups is 1. The minimum atomic E-state index is -1.16. The van der Waals surface area contributed by atoms with E-state index in [1.807, 2.05) is 0 Å². The third kappa shape index (κ3) is 4.68. The number of imide groups is 1. The molecule has 0 atom stereocenters. The third-order valence-corrected chi connectivity index (χ3v) is 7.11. The summed E-state index contributed by atoms with van der Waals surface area (Å²) in [6.07, 6.45) is 0. The number of nitrogens with zero attached hydrogens (tertiary/aromatic N) is 1. The summed E-state index contributed by atoms with van der Waals surface area (Å²) >= 11 is 0. The highest BCUT2D eigenvalue weighted by Gasteiger charge is 2.28. The maximum atomic E-state index is 16.0. The fourth-order valence-corrected chi connectivity index (χ4v) is 5.10. The number of aromatic nitrogens is 1. The number of hydrogen-bond donors (Lipinski definition) is 4. The number of primary amides is 2. The van der Waals surface area contributed by atoms with Gasteiger partial charge in [-0.1, -0.05) is 30.3 Å². The van der Waals surface area contributed by atoms with E-state index >= 15 is 4.39 Å². The SMILES string of the molecule is Cc1c(-c2c(F)cc(C(N)=O)c3[nH]c4cc(C(C)(C)O)ccc4c23)cccc1N(C(N)=O)C(=O)c1cccc(F)c1. The zero-order valence-electron chi connectivity index (χ0n) is 22.4. The first-order valence-corrected chi connectivity index (χ1v) is 12.6. The Bertz CT molecular complexity index is 1910. The number of nitrogens with two attached hydrogens (primary N) is 2. The Labute approximate surface area is 233 Å². The van der Waals surface area contributed by atoms with Gasteiger partial charge in [0.2, 0.25) is 0 Å². The molecule has 4 aromatic carbocycles. The van der Waals surface area contributed by atoms with Crippen molar-refractivity contribution >= 4 is 45.3 Å². The van der Waals surface area contributed by atoms with Crippen molar-refractivity contribution in [3.8, 4) is 11.1 Å². The molecule has 1 aromatic heterocycles. The normalized spacial score (nSPS) is 11.7. The van der Waals surface area contributed by atoms with Crippen LogP contribution in [0.2, 0.25) is 0 Å². The van der Waals surface area contributed by atoms with E-state index < -0.39 is 35.1 Å². The first kappa shape index (κ1) is 27.5. The van der Waals surface area contributed by atoms with Crippen molar-refractivity contribution in [2.45, 2.75) is 26.4 Å². The first-order chi connectivity index (χ1) is 19.3. The van der Waals surface area contributed by atoms with Crippen LogP contribution in [0.15, 0.2) is 66.7 Å². The van der Waals surface area contributed by atoms with Crippen LogP contribution in [0, 0.1) is 18.6 Å². The van der Waals surface area contributed by atoms with Gasteiger partial charge in [-0.25, -0.2) is 18.5 Å². The number of rotatable bonds is 5. The Balaban J connectivity index is 1.79. The van der Waals surface area contributed by atoms with E-state index in [0.717, 1.165) is 18.2 Å². The summed E-state index contributed by atoms with van der Waals surface area (Å²) in [5.41, 5.74) is 12.1. The Morgan fingerprint density at radius 1 is 0.951 bits per heavy atom. The molecule has 5 aromatic rings. The second-order valence-electron chi connectivity index (χ2n) is 10.3. The number of benzene rings is 4. The summed E-state index contributed by atoms with van der Waals surface area (Å²) < 4.78 is 29.8. The van der Waals surface area contributed by atoms with E-state index in [1.54, 1.807) is 45.0 Å². The number of aromatic amines is 1. The molecule has 0 saturated heterocycles. The molecule has 6 N–H and O–H groups in total. The van der Waals surface area contributed by atoms with Crippen LogP contribution >= 0.6 is 0 Å². The quantitative estimate of drug-likeness (QED) is 0.223. The second-order valence-corrected chi connectivity index (χ2v) is 10.3. The van der Waals surface area contributed by atoms with Gasteiger partial charge in [0.25, 0.3) is 11.8 Å². The largest absolute Gasteiger partial charge is 0.386 e.